The molecule has 1 saturated heterocycles. The Morgan fingerprint density at radius 3 is 2.41 bits per heavy atom. The summed E-state index contributed by atoms with van der Waals surface area (Å²) in [5.41, 5.74) is 4.12. The van der Waals surface area contributed by atoms with E-state index in [1.165, 1.54) is 50.3 Å². The molecule has 0 radical (unpaired) electrons. The van der Waals surface area contributed by atoms with Gasteiger partial charge in [0.2, 0.25) is 0 Å². The van der Waals surface area contributed by atoms with Crippen LogP contribution < -0.4 is 9.80 Å². The summed E-state index contributed by atoms with van der Waals surface area (Å²) in [5.74, 6) is 0.628. The van der Waals surface area contributed by atoms with Crippen molar-refractivity contribution < 1.29 is 9.80 Å². The van der Waals surface area contributed by atoms with Gasteiger partial charge in [0, 0.05) is 6.42 Å². The first-order valence-corrected chi connectivity index (χ1v) is 8.33. The second kappa shape index (κ2) is 6.48. The molecule has 1 fully saturated rings. The van der Waals surface area contributed by atoms with E-state index >= 15 is 0 Å². The fourth-order valence-electron chi connectivity index (χ4n) is 3.91. The van der Waals surface area contributed by atoms with Crippen molar-refractivity contribution in [2.45, 2.75) is 25.7 Å². The van der Waals surface area contributed by atoms with Gasteiger partial charge in [-0.15, -0.1) is 0 Å². The predicted octanol–water partition coefficient (Wildman–Crippen LogP) is -0.243. The number of hydrogen-bond acceptors (Lipinski definition) is 2. The van der Waals surface area contributed by atoms with Gasteiger partial charge in [0.05, 0.1) is 7.05 Å². The highest BCUT2D eigenvalue weighted by molar-refractivity contribution is 5.49. The zero-order valence-corrected chi connectivity index (χ0v) is 13.3. The van der Waals surface area contributed by atoms with Crippen LogP contribution in [-0.4, -0.2) is 33.2 Å². The van der Waals surface area contributed by atoms with Gasteiger partial charge in [-0.1, -0.05) is 6.08 Å². The lowest BCUT2D eigenvalue weighted by atomic mass is 9.77. The molecular formula is C18H24N4+2. The van der Waals surface area contributed by atoms with E-state index in [-0.39, 0.29) is 0 Å². The lowest BCUT2D eigenvalue weighted by Crippen LogP contribution is -3.26. The number of piperazine rings is 1. The van der Waals surface area contributed by atoms with Gasteiger partial charge in [0.25, 0.3) is 0 Å². The van der Waals surface area contributed by atoms with Gasteiger partial charge in [-0.05, 0) is 42.4 Å². The third-order valence-electron chi connectivity index (χ3n) is 5.38. The average molecular weight is 296 g/mol. The van der Waals surface area contributed by atoms with Crippen molar-refractivity contribution in [1.29, 1.82) is 10.5 Å². The molecule has 1 aliphatic heterocycles. The minimum Gasteiger partial charge on any atom is -0.328 e. The molecule has 2 N–H and O–H groups in total. The minimum absolute atomic E-state index is 0.294. The Kier molecular flexibility index (Phi) is 4.43. The van der Waals surface area contributed by atoms with Crippen molar-refractivity contribution in [3.05, 3.63) is 34.6 Å². The maximum Gasteiger partial charge on any atom is 0.132 e. The highest BCUT2D eigenvalue weighted by Gasteiger charge is 2.30. The van der Waals surface area contributed by atoms with Gasteiger partial charge in [-0.2, -0.15) is 10.5 Å². The number of nitriles is 2. The number of quaternary nitrogens is 2. The second-order valence-electron chi connectivity index (χ2n) is 6.77. The first-order valence-electron chi connectivity index (χ1n) is 8.33. The van der Waals surface area contributed by atoms with Crippen LogP contribution in [0.15, 0.2) is 34.6 Å². The summed E-state index contributed by atoms with van der Waals surface area (Å²) in [5, 5.41) is 18.1. The zero-order chi connectivity index (χ0) is 15.5. The summed E-state index contributed by atoms with van der Waals surface area (Å²) < 4.78 is 0. The quantitative estimate of drug-likeness (QED) is 0.656. The van der Waals surface area contributed by atoms with E-state index in [0.717, 1.165) is 18.4 Å². The number of fused-ring (bicyclic) bond motifs is 1. The summed E-state index contributed by atoms with van der Waals surface area (Å²) in [6, 6.07) is 4.08. The van der Waals surface area contributed by atoms with E-state index in [0.29, 0.717) is 11.5 Å². The van der Waals surface area contributed by atoms with Crippen LogP contribution in [0.4, 0.5) is 0 Å². The molecule has 0 unspecified atom stereocenters. The van der Waals surface area contributed by atoms with Gasteiger partial charge >= 0.3 is 0 Å². The molecule has 0 bridgehead atoms. The molecule has 4 heteroatoms. The van der Waals surface area contributed by atoms with Crippen molar-refractivity contribution in [3.63, 3.8) is 0 Å². The molecule has 0 aromatic rings. The fourth-order valence-corrected chi connectivity index (χ4v) is 3.91. The lowest BCUT2D eigenvalue weighted by molar-refractivity contribution is -0.986. The summed E-state index contributed by atoms with van der Waals surface area (Å²) in [7, 11) is 2.27. The molecular weight excluding hydrogens is 272 g/mol. The Hall–Kier alpha value is -1.88. The van der Waals surface area contributed by atoms with Gasteiger partial charge in [0.1, 0.15) is 49.6 Å². The molecule has 114 valence electrons. The second-order valence-corrected chi connectivity index (χ2v) is 6.77. The SMILES string of the molecule is C[NH+]1CC[NH+](C2=CC3=CC(=C(C#N)C#N)CC[C@H]3CC2)CC1. The molecule has 0 spiro atoms. The van der Waals surface area contributed by atoms with Crippen molar-refractivity contribution in [3.8, 4) is 12.1 Å². The highest BCUT2D eigenvalue weighted by Crippen LogP contribution is 2.36. The van der Waals surface area contributed by atoms with Crippen LogP contribution in [0.3, 0.4) is 0 Å². The molecule has 1 atom stereocenters. The summed E-state index contributed by atoms with van der Waals surface area (Å²) >= 11 is 0. The molecule has 4 nitrogen and oxygen atoms in total. The molecule has 3 aliphatic rings. The summed E-state index contributed by atoms with van der Waals surface area (Å²) in [6.45, 7) is 4.93. The van der Waals surface area contributed by atoms with Crippen LogP contribution >= 0.6 is 0 Å². The lowest BCUT2D eigenvalue weighted by Gasteiger charge is -2.33. The molecule has 0 amide bonds. The van der Waals surface area contributed by atoms with Crippen molar-refractivity contribution in [2.75, 3.05) is 33.2 Å². The van der Waals surface area contributed by atoms with Gasteiger partial charge in [0.15, 0.2) is 0 Å². The summed E-state index contributed by atoms with van der Waals surface area (Å²) in [4.78, 5) is 3.27. The van der Waals surface area contributed by atoms with Crippen molar-refractivity contribution >= 4 is 0 Å². The van der Waals surface area contributed by atoms with E-state index < -0.39 is 0 Å². The number of likely N-dealkylation sites (N-methyl/N-ethyl adjacent to an activating group) is 1. The largest absolute Gasteiger partial charge is 0.328 e. The molecule has 3 rings (SSSR count). The van der Waals surface area contributed by atoms with E-state index in [4.69, 9.17) is 10.5 Å². The van der Waals surface area contributed by atoms with E-state index in [1.807, 2.05) is 12.1 Å². The fraction of sp³-hybridized carbons (Fsp3) is 0.556. The first-order chi connectivity index (χ1) is 10.7. The predicted molar refractivity (Wildman–Crippen MR) is 83.7 cm³/mol. The van der Waals surface area contributed by atoms with Crippen molar-refractivity contribution in [1.82, 2.24) is 0 Å². The van der Waals surface area contributed by atoms with E-state index in [9.17, 15) is 0 Å². The van der Waals surface area contributed by atoms with Gasteiger partial charge < -0.3 is 4.90 Å². The Morgan fingerprint density at radius 1 is 1.05 bits per heavy atom. The number of allylic oxidation sites excluding steroid dienone is 6. The minimum atomic E-state index is 0.294. The molecule has 0 saturated carbocycles. The third kappa shape index (κ3) is 2.99. The molecule has 0 aromatic heterocycles. The van der Waals surface area contributed by atoms with Crippen LogP contribution in [0.5, 0.6) is 0 Å². The Bertz CT molecular complexity index is 602. The van der Waals surface area contributed by atoms with Gasteiger partial charge in [-0.3, -0.25) is 4.90 Å². The summed E-state index contributed by atoms with van der Waals surface area (Å²) in [6.07, 6.45) is 8.88. The zero-order valence-electron chi connectivity index (χ0n) is 13.3. The van der Waals surface area contributed by atoms with Crippen LogP contribution in [0.25, 0.3) is 0 Å². The monoisotopic (exact) mass is 296 g/mol. The van der Waals surface area contributed by atoms with E-state index in [2.05, 4.69) is 19.2 Å². The number of nitrogens with zero attached hydrogens (tertiary/aromatic N) is 2. The highest BCUT2D eigenvalue weighted by atomic mass is 15.2. The average Bonchev–Trinajstić information content (AvgIpc) is 2.56. The molecule has 1 heterocycles. The standard InChI is InChI=1S/C18H22N4/c1-21-6-8-22(9-7-21)18-5-4-14-2-3-15(10-16(14)11-18)17(12-19)13-20/h10-11,14H,2-9H2,1H3/p+2/t14-/m0/s1. The Morgan fingerprint density at radius 2 is 1.73 bits per heavy atom. The van der Waals surface area contributed by atoms with Crippen LogP contribution in [0.2, 0.25) is 0 Å². The normalized spacial score (nSPS) is 31.2. The van der Waals surface area contributed by atoms with E-state index in [1.54, 1.807) is 9.80 Å². The van der Waals surface area contributed by atoms with Crippen molar-refractivity contribution in [2.24, 2.45) is 5.92 Å². The van der Waals surface area contributed by atoms with Crippen LogP contribution in [0, 0.1) is 28.6 Å². The smallest absolute Gasteiger partial charge is 0.132 e. The van der Waals surface area contributed by atoms with Crippen LogP contribution in [0.1, 0.15) is 25.7 Å². The Labute approximate surface area is 132 Å². The maximum absolute atomic E-state index is 9.07. The molecule has 2 aliphatic carbocycles. The first kappa shape index (κ1) is 15.0. The topological polar surface area (TPSA) is 56.5 Å². The molecule has 22 heavy (non-hydrogen) atoms. The Balaban J connectivity index is 1.85. The van der Waals surface area contributed by atoms with Gasteiger partial charge in [-0.25, -0.2) is 0 Å². The molecule has 0 aromatic carbocycles. The van der Waals surface area contributed by atoms with Crippen LogP contribution in [-0.2, 0) is 0 Å². The number of hydrogen-bond donors (Lipinski definition) is 2. The number of nitrogens with one attached hydrogen (secondary N) is 2. The number of rotatable bonds is 1. The maximum atomic E-state index is 9.07. The third-order valence-corrected chi connectivity index (χ3v) is 5.38.